The van der Waals surface area contributed by atoms with Crippen molar-refractivity contribution in [1.29, 1.82) is 0 Å². The van der Waals surface area contributed by atoms with Crippen molar-refractivity contribution in [2.45, 2.75) is 19.9 Å². The maximum atomic E-state index is 13.8. The van der Waals surface area contributed by atoms with Crippen LogP contribution in [0.25, 0.3) is 11.4 Å². The third kappa shape index (κ3) is 4.40. The lowest BCUT2D eigenvalue weighted by Gasteiger charge is -2.30. The highest BCUT2D eigenvalue weighted by atomic mass is 16.5. The highest BCUT2D eigenvalue weighted by molar-refractivity contribution is 6.06. The molecular formula is C28H28N6O4. The van der Waals surface area contributed by atoms with E-state index in [9.17, 15) is 4.79 Å². The zero-order valence-corrected chi connectivity index (χ0v) is 21.8. The first-order valence-corrected chi connectivity index (χ1v) is 12.0. The van der Waals surface area contributed by atoms with Gasteiger partial charge in [-0.05, 0) is 37.6 Å². The number of ether oxygens (including phenoxy) is 3. The Balaban J connectivity index is 1.71. The van der Waals surface area contributed by atoms with E-state index in [-0.39, 0.29) is 5.91 Å². The number of rotatable bonds is 7. The number of aryl methyl sites for hydroxylation is 1. The SMILES string of the molecule is COc1cc(OC)c(C2C(C(=O)Nc3cccnc3)=C(C)Nc3nc(-c4ccccc4C)nn32)cc1OC. The summed E-state index contributed by atoms with van der Waals surface area (Å²) in [7, 11) is 4.69. The number of carbonyl (C=O) groups excluding carboxylic acids is 1. The first-order chi connectivity index (χ1) is 18.4. The van der Waals surface area contributed by atoms with Crippen LogP contribution >= 0.6 is 0 Å². The van der Waals surface area contributed by atoms with Gasteiger partial charge in [-0.3, -0.25) is 9.78 Å². The van der Waals surface area contributed by atoms with Gasteiger partial charge in [0.05, 0.1) is 38.8 Å². The van der Waals surface area contributed by atoms with Crippen LogP contribution in [0.15, 0.2) is 72.2 Å². The van der Waals surface area contributed by atoms with Crippen LogP contribution in [0.1, 0.15) is 24.1 Å². The van der Waals surface area contributed by atoms with Gasteiger partial charge in [0.1, 0.15) is 11.8 Å². The van der Waals surface area contributed by atoms with Gasteiger partial charge in [0.25, 0.3) is 5.91 Å². The molecule has 0 spiro atoms. The van der Waals surface area contributed by atoms with Crippen LogP contribution in [-0.2, 0) is 4.79 Å². The summed E-state index contributed by atoms with van der Waals surface area (Å²) in [5.74, 6) is 2.23. The summed E-state index contributed by atoms with van der Waals surface area (Å²) in [6.45, 7) is 3.85. The van der Waals surface area contributed by atoms with E-state index in [1.807, 2.05) is 38.1 Å². The molecule has 4 aromatic rings. The number of allylic oxidation sites excluding steroid dienone is 1. The topological polar surface area (TPSA) is 112 Å². The van der Waals surface area contributed by atoms with Gasteiger partial charge < -0.3 is 24.8 Å². The first-order valence-electron chi connectivity index (χ1n) is 12.0. The van der Waals surface area contributed by atoms with E-state index in [2.05, 4.69) is 15.6 Å². The number of amides is 1. The molecule has 1 amide bonds. The molecule has 0 radical (unpaired) electrons. The van der Waals surface area contributed by atoms with Gasteiger partial charge in [0.2, 0.25) is 5.95 Å². The standard InChI is InChI=1S/C28H28N6O4/c1-16-9-6-7-11-19(16)26-32-28-30-17(2)24(27(35)31-18-10-8-12-29-15-18)25(34(28)33-26)20-13-22(37-4)23(38-5)14-21(20)36-3/h6-15,25H,1-5H3,(H,31,35)(H,30,32,33). The molecule has 10 nitrogen and oxygen atoms in total. The average molecular weight is 513 g/mol. The molecule has 3 heterocycles. The molecule has 1 unspecified atom stereocenters. The summed E-state index contributed by atoms with van der Waals surface area (Å²) in [5.41, 5.74) is 4.23. The van der Waals surface area contributed by atoms with Crippen LogP contribution in [-0.4, -0.2) is 47.0 Å². The largest absolute Gasteiger partial charge is 0.496 e. The summed E-state index contributed by atoms with van der Waals surface area (Å²) in [4.78, 5) is 22.7. The molecule has 2 N–H and O–H groups in total. The number of carbonyl (C=O) groups is 1. The molecule has 1 aliphatic heterocycles. The van der Waals surface area contributed by atoms with Gasteiger partial charge in [0, 0.05) is 29.1 Å². The fourth-order valence-corrected chi connectivity index (χ4v) is 4.57. The Hall–Kier alpha value is -4.86. The molecular weight excluding hydrogens is 484 g/mol. The lowest BCUT2D eigenvalue weighted by Crippen LogP contribution is -2.31. The molecule has 2 aromatic heterocycles. The Bertz CT molecular complexity index is 1530. The van der Waals surface area contributed by atoms with E-state index in [4.69, 9.17) is 24.3 Å². The predicted molar refractivity (Wildman–Crippen MR) is 144 cm³/mol. The maximum Gasteiger partial charge on any atom is 0.255 e. The molecule has 10 heteroatoms. The Labute approximate surface area is 220 Å². The minimum absolute atomic E-state index is 0.316. The normalized spacial score (nSPS) is 14.4. The Morgan fingerprint density at radius 1 is 0.974 bits per heavy atom. The second kappa shape index (κ2) is 10.3. The zero-order valence-electron chi connectivity index (χ0n) is 21.8. The maximum absolute atomic E-state index is 13.8. The van der Waals surface area contributed by atoms with Crippen molar-refractivity contribution < 1.29 is 19.0 Å². The molecule has 0 bridgehead atoms. The molecule has 0 saturated carbocycles. The number of fused-ring (bicyclic) bond motifs is 1. The first kappa shape index (κ1) is 24.8. The van der Waals surface area contributed by atoms with Crippen molar-refractivity contribution in [3.63, 3.8) is 0 Å². The summed E-state index contributed by atoms with van der Waals surface area (Å²) in [5, 5.41) is 11.1. The number of anilines is 2. The number of hydrogen-bond acceptors (Lipinski definition) is 8. The molecule has 0 fully saturated rings. The van der Waals surface area contributed by atoms with Gasteiger partial charge >= 0.3 is 0 Å². The number of nitrogens with zero attached hydrogens (tertiary/aromatic N) is 4. The summed E-state index contributed by atoms with van der Waals surface area (Å²) >= 11 is 0. The van der Waals surface area contributed by atoms with Gasteiger partial charge in [-0.1, -0.05) is 24.3 Å². The average Bonchev–Trinajstić information content (AvgIpc) is 3.35. The van der Waals surface area contributed by atoms with Gasteiger partial charge in [-0.2, -0.15) is 4.98 Å². The second-order valence-electron chi connectivity index (χ2n) is 8.73. The van der Waals surface area contributed by atoms with Crippen LogP contribution < -0.4 is 24.8 Å². The summed E-state index contributed by atoms with van der Waals surface area (Å²) in [6, 6.07) is 14.3. The summed E-state index contributed by atoms with van der Waals surface area (Å²) < 4.78 is 18.6. The van der Waals surface area contributed by atoms with Gasteiger partial charge in [-0.25, -0.2) is 4.68 Å². The third-order valence-electron chi connectivity index (χ3n) is 6.43. The lowest BCUT2D eigenvalue weighted by atomic mass is 9.93. The van der Waals surface area contributed by atoms with Gasteiger partial charge in [-0.15, -0.1) is 5.10 Å². The number of methoxy groups -OCH3 is 3. The van der Waals surface area contributed by atoms with Crippen LogP contribution in [0.5, 0.6) is 17.2 Å². The molecule has 2 aromatic carbocycles. The molecule has 5 rings (SSSR count). The van der Waals surface area contributed by atoms with Crippen molar-refractivity contribution in [3.05, 3.63) is 83.3 Å². The molecule has 194 valence electrons. The monoisotopic (exact) mass is 512 g/mol. The predicted octanol–water partition coefficient (Wildman–Crippen LogP) is 4.60. The van der Waals surface area contributed by atoms with Crippen LogP contribution in [0.3, 0.4) is 0 Å². The van der Waals surface area contributed by atoms with Crippen molar-refractivity contribution >= 4 is 17.5 Å². The molecule has 0 saturated heterocycles. The fourth-order valence-electron chi connectivity index (χ4n) is 4.57. The van der Waals surface area contributed by atoms with Crippen molar-refractivity contribution in [2.75, 3.05) is 32.0 Å². The number of hydrogen-bond donors (Lipinski definition) is 2. The smallest absolute Gasteiger partial charge is 0.255 e. The van der Waals surface area contributed by atoms with Crippen molar-refractivity contribution in [2.24, 2.45) is 0 Å². The second-order valence-corrected chi connectivity index (χ2v) is 8.73. The van der Waals surface area contributed by atoms with Gasteiger partial charge in [0.15, 0.2) is 17.3 Å². The Morgan fingerprint density at radius 2 is 1.71 bits per heavy atom. The quantitative estimate of drug-likeness (QED) is 0.369. The Morgan fingerprint density at radius 3 is 2.39 bits per heavy atom. The lowest BCUT2D eigenvalue weighted by molar-refractivity contribution is -0.113. The molecule has 0 aliphatic carbocycles. The van der Waals surface area contributed by atoms with E-state index < -0.39 is 6.04 Å². The summed E-state index contributed by atoms with van der Waals surface area (Å²) in [6.07, 6.45) is 3.24. The number of benzene rings is 2. The van der Waals surface area contributed by atoms with Crippen molar-refractivity contribution in [1.82, 2.24) is 19.7 Å². The number of aromatic nitrogens is 4. The van der Waals surface area contributed by atoms with Crippen LogP contribution in [0.4, 0.5) is 11.6 Å². The van der Waals surface area contributed by atoms with E-state index in [1.54, 1.807) is 62.7 Å². The van der Waals surface area contributed by atoms with Crippen LogP contribution in [0, 0.1) is 6.92 Å². The molecule has 1 atom stereocenters. The zero-order chi connectivity index (χ0) is 26.8. The number of pyridine rings is 1. The minimum atomic E-state index is -0.692. The number of nitrogens with one attached hydrogen (secondary N) is 2. The van der Waals surface area contributed by atoms with E-state index in [1.165, 1.54) is 0 Å². The molecule has 38 heavy (non-hydrogen) atoms. The third-order valence-corrected chi connectivity index (χ3v) is 6.43. The van der Waals surface area contributed by atoms with E-state index in [0.717, 1.165) is 11.1 Å². The molecule has 1 aliphatic rings. The van der Waals surface area contributed by atoms with E-state index in [0.29, 0.717) is 51.5 Å². The fraction of sp³-hybridized carbons (Fsp3) is 0.214. The minimum Gasteiger partial charge on any atom is -0.496 e. The Kier molecular flexibility index (Phi) is 6.69. The van der Waals surface area contributed by atoms with Crippen molar-refractivity contribution in [3.8, 4) is 28.6 Å². The van der Waals surface area contributed by atoms with Crippen LogP contribution in [0.2, 0.25) is 0 Å². The van der Waals surface area contributed by atoms with E-state index >= 15 is 0 Å². The highest BCUT2D eigenvalue weighted by Crippen LogP contribution is 2.44. The highest BCUT2D eigenvalue weighted by Gasteiger charge is 2.37.